The second-order valence-electron chi connectivity index (χ2n) is 9.34. The summed E-state index contributed by atoms with van der Waals surface area (Å²) in [6.45, 7) is 0. The van der Waals surface area contributed by atoms with Crippen LogP contribution in [0.4, 0.5) is 0 Å². The van der Waals surface area contributed by atoms with Crippen LogP contribution in [0.15, 0.2) is 63.4 Å². The quantitative estimate of drug-likeness (QED) is 0.329. The van der Waals surface area contributed by atoms with Gasteiger partial charge in [-0.05, 0) is 60.9 Å². The molecule has 0 amide bonds. The van der Waals surface area contributed by atoms with Crippen LogP contribution in [0, 0.1) is 0 Å². The molecule has 3 aromatic rings. The van der Waals surface area contributed by atoms with Gasteiger partial charge in [0.05, 0.1) is 10.6 Å². The molecular formula is C26H30N4O3S2. The van der Waals surface area contributed by atoms with Crippen LogP contribution in [-0.2, 0) is 28.6 Å². The molecule has 7 nitrogen and oxygen atoms in total. The van der Waals surface area contributed by atoms with Crippen LogP contribution in [0.2, 0.25) is 0 Å². The summed E-state index contributed by atoms with van der Waals surface area (Å²) in [4.78, 5) is 19.9. The zero-order chi connectivity index (χ0) is 24.4. The van der Waals surface area contributed by atoms with E-state index in [1.165, 1.54) is 11.8 Å². The second kappa shape index (κ2) is 10.3. The van der Waals surface area contributed by atoms with E-state index in [1.807, 2.05) is 36.4 Å². The number of aromatic nitrogens is 2. The lowest BCUT2D eigenvalue weighted by Crippen LogP contribution is -2.49. The van der Waals surface area contributed by atoms with Crippen molar-refractivity contribution in [2.75, 3.05) is 0 Å². The van der Waals surface area contributed by atoms with Crippen LogP contribution in [0.25, 0.3) is 11.1 Å². The Kier molecular flexibility index (Phi) is 7.11. The lowest BCUT2D eigenvalue weighted by molar-refractivity contribution is 0.361. The van der Waals surface area contributed by atoms with Crippen molar-refractivity contribution in [2.45, 2.75) is 72.8 Å². The number of sulfonamides is 1. The third-order valence-electron chi connectivity index (χ3n) is 6.87. The maximum absolute atomic E-state index is 12.8. The van der Waals surface area contributed by atoms with Gasteiger partial charge in [0.1, 0.15) is 0 Å². The Labute approximate surface area is 210 Å². The standard InChI is InChI=1S/C26H30N4O3S2/c27-22-5-1-2-6-24(22)30-35(32,33)20-14-12-19(13-15-20)18-10-8-17(9-11-18)16-34-26-28-23-7-3-4-21(23)25(31)29-26/h8-15,22,24,30H,1-7,16,27H2,(H,28,29,31)/t22-,24+/m1/s1. The minimum atomic E-state index is -3.60. The predicted molar refractivity (Wildman–Crippen MR) is 139 cm³/mol. The summed E-state index contributed by atoms with van der Waals surface area (Å²) < 4.78 is 28.4. The number of H-pyrrole nitrogens is 1. The van der Waals surface area contributed by atoms with Gasteiger partial charge in [0.2, 0.25) is 10.0 Å². The van der Waals surface area contributed by atoms with Gasteiger partial charge >= 0.3 is 0 Å². The number of fused-ring (bicyclic) bond motifs is 1. The van der Waals surface area contributed by atoms with E-state index in [4.69, 9.17) is 5.73 Å². The molecule has 5 rings (SSSR count). The molecule has 0 unspecified atom stereocenters. The van der Waals surface area contributed by atoms with E-state index in [1.54, 1.807) is 12.1 Å². The Morgan fingerprint density at radius 3 is 2.37 bits per heavy atom. The summed E-state index contributed by atoms with van der Waals surface area (Å²) >= 11 is 1.53. The van der Waals surface area contributed by atoms with Gasteiger partial charge in [-0.3, -0.25) is 4.79 Å². The molecule has 0 bridgehead atoms. The summed E-state index contributed by atoms with van der Waals surface area (Å²) in [5.74, 6) is 0.703. The molecule has 1 aromatic heterocycles. The third-order valence-corrected chi connectivity index (χ3v) is 9.32. The SMILES string of the molecule is N[C@@H]1CCCC[C@@H]1NS(=O)(=O)c1ccc(-c2ccc(CSc3nc4c(c(=O)[nH]3)CCC4)cc2)cc1. The molecule has 1 saturated carbocycles. The largest absolute Gasteiger partial charge is 0.326 e. The van der Waals surface area contributed by atoms with Crippen molar-refractivity contribution in [1.29, 1.82) is 0 Å². The second-order valence-corrected chi connectivity index (χ2v) is 12.0. The molecule has 9 heteroatoms. The number of aryl methyl sites for hydroxylation is 1. The number of benzene rings is 2. The molecule has 0 aliphatic heterocycles. The zero-order valence-corrected chi connectivity index (χ0v) is 21.1. The Bertz CT molecular complexity index is 1350. The molecule has 0 saturated heterocycles. The van der Waals surface area contributed by atoms with Crippen molar-refractivity contribution in [3.63, 3.8) is 0 Å². The third kappa shape index (κ3) is 5.53. The minimum Gasteiger partial charge on any atom is -0.326 e. The molecule has 35 heavy (non-hydrogen) atoms. The van der Waals surface area contributed by atoms with E-state index in [-0.39, 0.29) is 22.5 Å². The number of thioether (sulfide) groups is 1. The van der Waals surface area contributed by atoms with Gasteiger partial charge < -0.3 is 10.7 Å². The van der Waals surface area contributed by atoms with Crippen LogP contribution in [0.5, 0.6) is 0 Å². The lowest BCUT2D eigenvalue weighted by Gasteiger charge is -2.29. The number of aromatic amines is 1. The van der Waals surface area contributed by atoms with Gasteiger partial charge in [-0.1, -0.05) is 61.0 Å². The molecule has 0 radical (unpaired) electrons. The van der Waals surface area contributed by atoms with Crippen molar-refractivity contribution in [3.05, 3.63) is 75.7 Å². The molecule has 2 aliphatic carbocycles. The van der Waals surface area contributed by atoms with Gasteiger partial charge in [0, 0.05) is 23.4 Å². The number of hydrogen-bond donors (Lipinski definition) is 3. The Hall–Kier alpha value is -2.46. The van der Waals surface area contributed by atoms with Gasteiger partial charge in [0.15, 0.2) is 5.16 Å². The van der Waals surface area contributed by atoms with Crippen molar-refractivity contribution in [3.8, 4) is 11.1 Å². The first-order valence-electron chi connectivity index (χ1n) is 12.1. The van der Waals surface area contributed by atoms with Gasteiger partial charge in [0.25, 0.3) is 5.56 Å². The highest BCUT2D eigenvalue weighted by Gasteiger charge is 2.27. The van der Waals surface area contributed by atoms with E-state index in [0.29, 0.717) is 10.9 Å². The Morgan fingerprint density at radius 2 is 1.66 bits per heavy atom. The normalized spacial score (nSPS) is 20.0. The molecule has 2 aliphatic rings. The van der Waals surface area contributed by atoms with Gasteiger partial charge in [-0.2, -0.15) is 0 Å². The Balaban J connectivity index is 1.22. The number of nitrogens with two attached hydrogens (primary N) is 1. The highest BCUT2D eigenvalue weighted by atomic mass is 32.2. The van der Waals surface area contributed by atoms with E-state index < -0.39 is 10.0 Å². The first kappa shape index (κ1) is 24.2. The highest BCUT2D eigenvalue weighted by molar-refractivity contribution is 7.98. The Morgan fingerprint density at radius 1 is 0.971 bits per heavy atom. The average Bonchev–Trinajstić information content (AvgIpc) is 3.34. The van der Waals surface area contributed by atoms with Gasteiger partial charge in [-0.25, -0.2) is 18.1 Å². The molecule has 0 spiro atoms. The maximum atomic E-state index is 12.8. The highest BCUT2D eigenvalue weighted by Crippen LogP contribution is 2.26. The smallest absolute Gasteiger partial charge is 0.254 e. The monoisotopic (exact) mass is 510 g/mol. The first-order chi connectivity index (χ1) is 16.9. The first-order valence-corrected chi connectivity index (χ1v) is 14.6. The molecule has 2 aromatic carbocycles. The number of nitrogens with zero attached hydrogens (tertiary/aromatic N) is 1. The molecule has 1 heterocycles. The molecule has 4 N–H and O–H groups in total. The van der Waals surface area contributed by atoms with Crippen LogP contribution in [-0.4, -0.2) is 30.5 Å². The fourth-order valence-electron chi connectivity index (χ4n) is 4.83. The van der Waals surface area contributed by atoms with Crippen LogP contribution in [0.3, 0.4) is 0 Å². The van der Waals surface area contributed by atoms with E-state index >= 15 is 0 Å². The predicted octanol–water partition coefficient (Wildman–Crippen LogP) is 3.77. The van der Waals surface area contributed by atoms with Crippen LogP contribution < -0.4 is 16.0 Å². The van der Waals surface area contributed by atoms with Crippen LogP contribution >= 0.6 is 11.8 Å². The molecule has 2 atom stereocenters. The van der Waals surface area contributed by atoms with E-state index in [0.717, 1.165) is 72.9 Å². The number of hydrogen-bond acceptors (Lipinski definition) is 6. The summed E-state index contributed by atoms with van der Waals surface area (Å²) in [6, 6.07) is 14.8. The van der Waals surface area contributed by atoms with Crippen LogP contribution in [0.1, 0.15) is 48.9 Å². The maximum Gasteiger partial charge on any atom is 0.254 e. The number of rotatable bonds is 7. The lowest BCUT2D eigenvalue weighted by atomic mass is 9.92. The molecule has 184 valence electrons. The van der Waals surface area contributed by atoms with E-state index in [2.05, 4.69) is 14.7 Å². The topological polar surface area (TPSA) is 118 Å². The van der Waals surface area contributed by atoms with E-state index in [9.17, 15) is 13.2 Å². The fourth-order valence-corrected chi connectivity index (χ4v) is 6.99. The fraction of sp³-hybridized carbons (Fsp3) is 0.385. The number of nitrogens with one attached hydrogen (secondary N) is 2. The molecule has 1 fully saturated rings. The summed E-state index contributed by atoms with van der Waals surface area (Å²) in [5.41, 5.74) is 11.0. The summed E-state index contributed by atoms with van der Waals surface area (Å²) in [7, 11) is -3.60. The molecular weight excluding hydrogens is 480 g/mol. The van der Waals surface area contributed by atoms with Crippen molar-refractivity contribution in [2.24, 2.45) is 5.73 Å². The minimum absolute atomic E-state index is 0.00686. The van der Waals surface area contributed by atoms with Gasteiger partial charge in [-0.15, -0.1) is 0 Å². The average molecular weight is 511 g/mol. The summed E-state index contributed by atoms with van der Waals surface area (Å²) in [5, 5.41) is 0.666. The summed E-state index contributed by atoms with van der Waals surface area (Å²) in [6.07, 6.45) is 6.38. The zero-order valence-electron chi connectivity index (χ0n) is 19.5. The van der Waals surface area contributed by atoms with Crippen molar-refractivity contribution < 1.29 is 8.42 Å². The van der Waals surface area contributed by atoms with Crippen molar-refractivity contribution >= 4 is 21.8 Å². The van der Waals surface area contributed by atoms with Crippen molar-refractivity contribution in [1.82, 2.24) is 14.7 Å².